The van der Waals surface area contributed by atoms with Gasteiger partial charge < -0.3 is 5.73 Å². The van der Waals surface area contributed by atoms with Crippen molar-refractivity contribution in [2.75, 3.05) is 0 Å². The number of thiophene rings is 1. The molecule has 0 bridgehead atoms. The molecule has 4 nitrogen and oxygen atoms in total. The van der Waals surface area contributed by atoms with Gasteiger partial charge in [0.05, 0.1) is 4.90 Å². The molecule has 0 spiro atoms. The van der Waals surface area contributed by atoms with Crippen molar-refractivity contribution < 1.29 is 8.42 Å². The second kappa shape index (κ2) is 4.21. The molecule has 0 atom stereocenters. The molecule has 0 aliphatic rings. The maximum atomic E-state index is 11.9. The lowest BCUT2D eigenvalue weighted by Crippen LogP contribution is -2.40. The third-order valence-corrected chi connectivity index (χ3v) is 4.54. The van der Waals surface area contributed by atoms with Crippen LogP contribution in [0.3, 0.4) is 0 Å². The first kappa shape index (κ1) is 12.6. The van der Waals surface area contributed by atoms with E-state index in [0.717, 1.165) is 0 Å². The number of hydrogen-bond donors (Lipinski definition) is 2. The summed E-state index contributed by atoms with van der Waals surface area (Å²) in [4.78, 5) is 0.983. The fourth-order valence-electron chi connectivity index (χ4n) is 1.18. The van der Waals surface area contributed by atoms with Gasteiger partial charge in [-0.05, 0) is 32.2 Å². The highest BCUT2D eigenvalue weighted by atomic mass is 32.2. The Balaban J connectivity index is 3.07. The van der Waals surface area contributed by atoms with Gasteiger partial charge in [0.2, 0.25) is 10.0 Å². The molecular formula is C9H16N2O2S2. The van der Waals surface area contributed by atoms with Crippen molar-refractivity contribution in [1.82, 2.24) is 4.72 Å². The normalized spacial score (nSPS) is 13.1. The average molecular weight is 248 g/mol. The summed E-state index contributed by atoms with van der Waals surface area (Å²) in [5, 5.41) is 1.74. The van der Waals surface area contributed by atoms with E-state index in [9.17, 15) is 8.42 Å². The van der Waals surface area contributed by atoms with Crippen molar-refractivity contribution in [1.29, 1.82) is 0 Å². The smallest absolute Gasteiger partial charge is 0.242 e. The predicted molar refractivity (Wildman–Crippen MR) is 62.3 cm³/mol. The van der Waals surface area contributed by atoms with E-state index < -0.39 is 15.6 Å². The van der Waals surface area contributed by atoms with Crippen molar-refractivity contribution in [3.8, 4) is 0 Å². The summed E-state index contributed by atoms with van der Waals surface area (Å²) in [6.45, 7) is 5.66. The minimum absolute atomic E-state index is 0.248. The van der Waals surface area contributed by atoms with Crippen LogP contribution >= 0.6 is 11.3 Å². The number of nitrogens with two attached hydrogens (primary N) is 1. The van der Waals surface area contributed by atoms with E-state index in [2.05, 4.69) is 4.72 Å². The Morgan fingerprint density at radius 2 is 2.07 bits per heavy atom. The molecule has 1 heterocycles. The summed E-state index contributed by atoms with van der Waals surface area (Å²) in [5.74, 6) is 0. The molecule has 0 fully saturated rings. The number of nitrogens with one attached hydrogen (secondary N) is 1. The van der Waals surface area contributed by atoms with Crippen LogP contribution in [0, 0.1) is 0 Å². The van der Waals surface area contributed by atoms with E-state index in [-0.39, 0.29) is 6.54 Å². The Bertz CT molecular complexity index is 429. The summed E-state index contributed by atoms with van der Waals surface area (Å²) in [6, 6.07) is 1.58. The molecular weight excluding hydrogens is 232 g/mol. The van der Waals surface area contributed by atoms with Crippen LogP contribution in [0.5, 0.6) is 0 Å². The SMILES string of the molecule is CC(C)(C)NS(=O)(=O)c1ccsc1CN. The highest BCUT2D eigenvalue weighted by Crippen LogP contribution is 2.22. The van der Waals surface area contributed by atoms with Gasteiger partial charge in [-0.15, -0.1) is 11.3 Å². The van der Waals surface area contributed by atoms with Crippen LogP contribution in [-0.4, -0.2) is 14.0 Å². The van der Waals surface area contributed by atoms with E-state index in [1.54, 1.807) is 32.2 Å². The number of rotatable bonds is 3. The lowest BCUT2D eigenvalue weighted by atomic mass is 10.1. The molecule has 3 N–H and O–H groups in total. The van der Waals surface area contributed by atoms with E-state index in [1.807, 2.05) is 0 Å². The van der Waals surface area contributed by atoms with Crippen LogP contribution in [0.4, 0.5) is 0 Å². The predicted octanol–water partition coefficient (Wildman–Crippen LogP) is 1.28. The quantitative estimate of drug-likeness (QED) is 0.846. The van der Waals surface area contributed by atoms with E-state index >= 15 is 0 Å². The highest BCUT2D eigenvalue weighted by Gasteiger charge is 2.24. The monoisotopic (exact) mass is 248 g/mol. The van der Waals surface area contributed by atoms with Gasteiger partial charge in [-0.25, -0.2) is 13.1 Å². The minimum atomic E-state index is -3.44. The third kappa shape index (κ3) is 3.27. The zero-order chi connectivity index (χ0) is 11.7. The Morgan fingerprint density at radius 1 is 1.47 bits per heavy atom. The van der Waals surface area contributed by atoms with Gasteiger partial charge in [-0.1, -0.05) is 0 Å². The first-order valence-corrected chi connectivity index (χ1v) is 6.93. The van der Waals surface area contributed by atoms with E-state index in [0.29, 0.717) is 9.77 Å². The lowest BCUT2D eigenvalue weighted by molar-refractivity contribution is 0.491. The Hall–Kier alpha value is -0.430. The lowest BCUT2D eigenvalue weighted by Gasteiger charge is -2.20. The fraction of sp³-hybridized carbons (Fsp3) is 0.556. The van der Waals surface area contributed by atoms with E-state index in [1.165, 1.54) is 11.3 Å². The first-order valence-electron chi connectivity index (χ1n) is 4.57. The second-order valence-corrected chi connectivity index (χ2v) is 6.92. The molecule has 0 saturated carbocycles. The van der Waals surface area contributed by atoms with Crippen molar-refractivity contribution in [3.05, 3.63) is 16.3 Å². The van der Waals surface area contributed by atoms with Gasteiger partial charge in [0.25, 0.3) is 0 Å². The zero-order valence-electron chi connectivity index (χ0n) is 9.07. The fourth-order valence-corrected chi connectivity index (χ4v) is 3.93. The molecule has 6 heteroatoms. The summed E-state index contributed by atoms with van der Waals surface area (Å²) < 4.78 is 26.5. The van der Waals surface area contributed by atoms with Gasteiger partial charge in [0.15, 0.2) is 0 Å². The highest BCUT2D eigenvalue weighted by molar-refractivity contribution is 7.89. The topological polar surface area (TPSA) is 72.2 Å². The van der Waals surface area contributed by atoms with Crippen LogP contribution in [-0.2, 0) is 16.6 Å². The van der Waals surface area contributed by atoms with Crippen LogP contribution < -0.4 is 10.5 Å². The summed E-state index contributed by atoms with van der Waals surface area (Å²) >= 11 is 1.36. The van der Waals surface area contributed by atoms with E-state index in [4.69, 9.17) is 5.73 Å². The maximum Gasteiger partial charge on any atom is 0.242 e. The second-order valence-electron chi connectivity index (χ2n) is 4.27. The molecule has 0 saturated heterocycles. The van der Waals surface area contributed by atoms with Crippen LogP contribution in [0.15, 0.2) is 16.3 Å². The molecule has 1 aromatic heterocycles. The third-order valence-electron chi connectivity index (χ3n) is 1.62. The molecule has 0 amide bonds. The van der Waals surface area contributed by atoms with Gasteiger partial charge in [0.1, 0.15) is 0 Å². The van der Waals surface area contributed by atoms with Crippen LogP contribution in [0.2, 0.25) is 0 Å². The molecule has 0 unspecified atom stereocenters. The largest absolute Gasteiger partial charge is 0.326 e. The molecule has 0 aliphatic heterocycles. The van der Waals surface area contributed by atoms with Crippen LogP contribution in [0.1, 0.15) is 25.6 Å². The Morgan fingerprint density at radius 3 is 2.53 bits per heavy atom. The van der Waals surface area contributed by atoms with Gasteiger partial charge in [0, 0.05) is 17.0 Å². The molecule has 0 radical (unpaired) electrons. The summed E-state index contributed by atoms with van der Waals surface area (Å²) in [5.41, 5.74) is 4.99. The first-order chi connectivity index (χ1) is 6.76. The molecule has 0 aliphatic carbocycles. The number of sulfonamides is 1. The molecule has 86 valence electrons. The molecule has 0 aromatic carbocycles. The average Bonchev–Trinajstić information content (AvgIpc) is 2.46. The summed E-state index contributed by atoms with van der Waals surface area (Å²) in [7, 11) is -3.44. The van der Waals surface area contributed by atoms with Crippen LogP contribution in [0.25, 0.3) is 0 Å². The number of hydrogen-bond acceptors (Lipinski definition) is 4. The van der Waals surface area contributed by atoms with Gasteiger partial charge in [-0.2, -0.15) is 0 Å². The zero-order valence-corrected chi connectivity index (χ0v) is 10.7. The van der Waals surface area contributed by atoms with Crippen molar-refractivity contribution in [3.63, 3.8) is 0 Å². The minimum Gasteiger partial charge on any atom is -0.326 e. The Labute approximate surface area is 94.5 Å². The standard InChI is InChI=1S/C9H16N2O2S2/c1-9(2,3)11-15(12,13)8-4-5-14-7(8)6-10/h4-5,11H,6,10H2,1-3H3. The van der Waals surface area contributed by atoms with Crippen molar-refractivity contribution >= 4 is 21.4 Å². The van der Waals surface area contributed by atoms with Crippen molar-refractivity contribution in [2.45, 2.75) is 37.8 Å². The molecule has 15 heavy (non-hydrogen) atoms. The van der Waals surface area contributed by atoms with Gasteiger partial charge >= 0.3 is 0 Å². The molecule has 1 aromatic rings. The van der Waals surface area contributed by atoms with Crippen molar-refractivity contribution in [2.24, 2.45) is 5.73 Å². The maximum absolute atomic E-state index is 11.9. The molecule has 1 rings (SSSR count). The summed E-state index contributed by atoms with van der Waals surface area (Å²) in [6.07, 6.45) is 0. The van der Waals surface area contributed by atoms with Gasteiger partial charge in [-0.3, -0.25) is 0 Å². The Kier molecular flexibility index (Phi) is 3.55.